The molecule has 3 nitrogen and oxygen atoms in total. The molecule has 0 amide bonds. The summed E-state index contributed by atoms with van der Waals surface area (Å²) in [5, 5.41) is 5.91. The van der Waals surface area contributed by atoms with Crippen LogP contribution in [0.15, 0.2) is 36.1 Å². The molecule has 1 N–H and O–H groups in total. The van der Waals surface area contributed by atoms with Gasteiger partial charge in [-0.1, -0.05) is 75.0 Å². The van der Waals surface area contributed by atoms with Gasteiger partial charge in [-0.2, -0.15) is 0 Å². The third kappa shape index (κ3) is 10.1. The Morgan fingerprint density at radius 2 is 1.79 bits per heavy atom. The summed E-state index contributed by atoms with van der Waals surface area (Å²) in [5.74, 6) is 0.866. The van der Waals surface area contributed by atoms with Gasteiger partial charge in [0.05, 0.1) is 28.4 Å². The molecule has 1 aromatic heterocycles. The molecular weight excluding hydrogens is 463 g/mol. The van der Waals surface area contributed by atoms with Gasteiger partial charge in [0.25, 0.3) is 0 Å². The van der Waals surface area contributed by atoms with E-state index in [1.165, 1.54) is 41.5 Å². The summed E-state index contributed by atoms with van der Waals surface area (Å²) in [7, 11) is 0. The van der Waals surface area contributed by atoms with E-state index in [2.05, 4.69) is 43.7 Å². The van der Waals surface area contributed by atoms with E-state index in [1.54, 1.807) is 6.26 Å². The lowest BCUT2D eigenvalue weighted by Crippen LogP contribution is -2.17. The fourth-order valence-corrected chi connectivity index (χ4v) is 4.38. The first-order chi connectivity index (χ1) is 16.3. The topological polar surface area (TPSA) is 26.2 Å². The van der Waals surface area contributed by atoms with E-state index in [0.29, 0.717) is 16.7 Å². The number of benzene rings is 1. The van der Waals surface area contributed by atoms with Gasteiger partial charge >= 0.3 is 0 Å². The fraction of sp³-hybridized carbons (Fsp3) is 0.586. The molecule has 0 radical (unpaired) electrons. The molecule has 0 unspecified atom stereocenters. The van der Waals surface area contributed by atoms with Gasteiger partial charge in [-0.25, -0.2) is 0 Å². The standard InChI is InChI=1S/C17H20Cl2N2O.C10H20.C2H6/c1-2-8-22-9-7-21-16-4-6-20-5-3-12(16)13-10-14(18)15(19)11-17(13)21;1-9(2)7-5-6-8-10(3)4;1-2/h2,8,10-11,20H,3-7,9H2,1H3;7,10H,5-6,8H2,1-4H3;1-2H3/b8-2+;;. The van der Waals surface area contributed by atoms with Gasteiger partial charge in [0.1, 0.15) is 6.61 Å². The number of nitrogens with one attached hydrogen (secondary N) is 1. The quantitative estimate of drug-likeness (QED) is 0.218. The average molecular weight is 510 g/mol. The molecule has 2 aromatic rings. The Bertz CT molecular complexity index is 909. The first-order valence-corrected chi connectivity index (χ1v) is 13.7. The van der Waals surface area contributed by atoms with Crippen molar-refractivity contribution in [2.75, 3.05) is 19.7 Å². The number of nitrogens with zero attached hydrogens (tertiary/aromatic N) is 1. The molecule has 0 saturated heterocycles. The maximum absolute atomic E-state index is 6.24. The molecule has 0 bridgehead atoms. The zero-order valence-corrected chi connectivity index (χ0v) is 24.0. The average Bonchev–Trinajstić information content (AvgIpc) is 2.95. The van der Waals surface area contributed by atoms with Crippen LogP contribution in [-0.4, -0.2) is 24.3 Å². The van der Waals surface area contributed by atoms with Crippen molar-refractivity contribution in [3.05, 3.63) is 57.4 Å². The maximum atomic E-state index is 6.24. The predicted octanol–water partition coefficient (Wildman–Crippen LogP) is 8.99. The molecule has 0 atom stereocenters. The van der Waals surface area contributed by atoms with Crippen LogP contribution in [0.4, 0.5) is 0 Å². The smallest absolute Gasteiger partial charge is 0.105 e. The minimum atomic E-state index is 0.607. The predicted molar refractivity (Wildman–Crippen MR) is 152 cm³/mol. The van der Waals surface area contributed by atoms with Gasteiger partial charge in [0, 0.05) is 24.0 Å². The van der Waals surface area contributed by atoms with Crippen molar-refractivity contribution in [1.29, 1.82) is 0 Å². The number of rotatable bonds is 8. The fourth-order valence-electron chi connectivity index (χ4n) is 4.06. The number of halogens is 2. The summed E-state index contributed by atoms with van der Waals surface area (Å²) in [6, 6.07) is 3.99. The van der Waals surface area contributed by atoms with Crippen molar-refractivity contribution in [2.45, 2.75) is 87.1 Å². The molecule has 5 heteroatoms. The summed E-state index contributed by atoms with van der Waals surface area (Å²) in [4.78, 5) is 0. The number of allylic oxidation sites excluding steroid dienone is 3. The highest BCUT2D eigenvalue weighted by molar-refractivity contribution is 6.42. The van der Waals surface area contributed by atoms with E-state index in [4.69, 9.17) is 27.9 Å². The van der Waals surface area contributed by atoms with E-state index in [-0.39, 0.29) is 0 Å². The highest BCUT2D eigenvalue weighted by Gasteiger charge is 2.19. The van der Waals surface area contributed by atoms with Gasteiger partial charge in [-0.05, 0) is 70.2 Å². The zero-order chi connectivity index (χ0) is 25.5. The Labute approximate surface area is 218 Å². The molecule has 0 aliphatic carbocycles. The third-order valence-corrected chi connectivity index (χ3v) is 6.34. The number of unbranched alkanes of at least 4 members (excludes halogenated alkanes) is 1. The van der Waals surface area contributed by atoms with Crippen LogP contribution in [0.3, 0.4) is 0 Å². The molecule has 3 rings (SSSR count). The normalized spacial score (nSPS) is 13.0. The van der Waals surface area contributed by atoms with Gasteiger partial charge in [0.15, 0.2) is 0 Å². The van der Waals surface area contributed by atoms with E-state index in [1.807, 2.05) is 39.0 Å². The van der Waals surface area contributed by atoms with Crippen LogP contribution in [0.25, 0.3) is 10.9 Å². The summed E-state index contributed by atoms with van der Waals surface area (Å²) in [5.41, 5.74) is 5.38. The lowest BCUT2D eigenvalue weighted by Gasteiger charge is -2.11. The summed E-state index contributed by atoms with van der Waals surface area (Å²) in [6.45, 7) is 18.3. The van der Waals surface area contributed by atoms with E-state index < -0.39 is 0 Å². The largest absolute Gasteiger partial charge is 0.500 e. The van der Waals surface area contributed by atoms with Crippen molar-refractivity contribution < 1.29 is 4.74 Å². The minimum Gasteiger partial charge on any atom is -0.500 e. The van der Waals surface area contributed by atoms with Gasteiger partial charge < -0.3 is 14.6 Å². The van der Waals surface area contributed by atoms with Crippen LogP contribution < -0.4 is 5.32 Å². The molecular formula is C29H46Cl2N2O. The lowest BCUT2D eigenvalue weighted by atomic mass is 10.1. The van der Waals surface area contributed by atoms with Crippen LogP contribution >= 0.6 is 23.2 Å². The summed E-state index contributed by atoms with van der Waals surface area (Å²) < 4.78 is 7.84. The lowest BCUT2D eigenvalue weighted by molar-refractivity contribution is 0.235. The Kier molecular flexibility index (Phi) is 15.4. The van der Waals surface area contributed by atoms with Gasteiger partial charge in [-0.3, -0.25) is 0 Å². The molecule has 34 heavy (non-hydrogen) atoms. The van der Waals surface area contributed by atoms with Crippen LogP contribution in [0.5, 0.6) is 0 Å². The first kappa shape index (κ1) is 30.6. The number of ether oxygens (including phenoxy) is 1. The number of hydrogen-bond acceptors (Lipinski definition) is 2. The minimum absolute atomic E-state index is 0.607. The zero-order valence-electron chi connectivity index (χ0n) is 22.4. The van der Waals surface area contributed by atoms with Crippen molar-refractivity contribution in [1.82, 2.24) is 9.88 Å². The second-order valence-corrected chi connectivity index (χ2v) is 9.87. The highest BCUT2D eigenvalue weighted by Crippen LogP contribution is 2.34. The summed E-state index contributed by atoms with van der Waals surface area (Å²) in [6.07, 6.45) is 12.0. The van der Waals surface area contributed by atoms with Crippen molar-refractivity contribution in [3.8, 4) is 0 Å². The number of fused-ring (bicyclic) bond motifs is 3. The van der Waals surface area contributed by atoms with Gasteiger partial charge in [-0.15, -0.1) is 0 Å². The SMILES string of the molecule is C/C=C/OCCn1c2c(c3cc(Cl)c(Cl)cc31)CCNCC2.CC.CC(C)=CCCCC(C)C. The van der Waals surface area contributed by atoms with Gasteiger partial charge in [0.2, 0.25) is 0 Å². The van der Waals surface area contributed by atoms with E-state index >= 15 is 0 Å². The maximum Gasteiger partial charge on any atom is 0.105 e. The van der Waals surface area contributed by atoms with E-state index in [9.17, 15) is 0 Å². The Morgan fingerprint density at radius 1 is 1.12 bits per heavy atom. The van der Waals surface area contributed by atoms with Crippen LogP contribution in [0.1, 0.15) is 79.0 Å². The molecule has 0 saturated carbocycles. The second-order valence-electron chi connectivity index (χ2n) is 9.06. The highest BCUT2D eigenvalue weighted by atomic mass is 35.5. The third-order valence-electron chi connectivity index (χ3n) is 5.62. The number of aromatic nitrogens is 1. The molecule has 0 fully saturated rings. The molecule has 1 aromatic carbocycles. The van der Waals surface area contributed by atoms with Crippen molar-refractivity contribution in [2.24, 2.45) is 5.92 Å². The van der Waals surface area contributed by atoms with Crippen molar-refractivity contribution in [3.63, 3.8) is 0 Å². The molecule has 1 aliphatic rings. The summed E-state index contributed by atoms with van der Waals surface area (Å²) >= 11 is 12.5. The molecule has 0 spiro atoms. The van der Waals surface area contributed by atoms with Crippen LogP contribution in [-0.2, 0) is 24.1 Å². The first-order valence-electron chi connectivity index (χ1n) is 12.9. The second kappa shape index (κ2) is 17.1. The van der Waals surface area contributed by atoms with Crippen LogP contribution in [0.2, 0.25) is 10.0 Å². The Balaban J connectivity index is 0.000000409. The Hall–Kier alpha value is -1.42. The molecule has 1 aliphatic heterocycles. The van der Waals surface area contributed by atoms with Crippen LogP contribution in [0, 0.1) is 5.92 Å². The van der Waals surface area contributed by atoms with E-state index in [0.717, 1.165) is 43.9 Å². The molecule has 192 valence electrons. The monoisotopic (exact) mass is 508 g/mol. The Morgan fingerprint density at radius 3 is 2.44 bits per heavy atom. The van der Waals surface area contributed by atoms with Crippen molar-refractivity contribution >= 4 is 34.1 Å². The number of hydrogen-bond donors (Lipinski definition) is 1. The molecule has 2 heterocycles.